The first-order valence-corrected chi connectivity index (χ1v) is 8.98. The van der Waals surface area contributed by atoms with Gasteiger partial charge in [0.25, 0.3) is 5.92 Å². The van der Waals surface area contributed by atoms with E-state index in [0.29, 0.717) is 42.2 Å². The molecule has 4 aromatic rings. The van der Waals surface area contributed by atoms with E-state index in [1.165, 1.54) is 0 Å². The first-order chi connectivity index (χ1) is 13.6. The lowest BCUT2D eigenvalue weighted by atomic mass is 10.1. The van der Waals surface area contributed by atoms with Crippen molar-refractivity contribution in [2.24, 2.45) is 0 Å². The molecule has 8 nitrogen and oxygen atoms in total. The van der Waals surface area contributed by atoms with Crippen molar-refractivity contribution in [2.75, 3.05) is 18.4 Å². The molecular formula is C18H17F2N7O. The summed E-state index contributed by atoms with van der Waals surface area (Å²) in [4.78, 5) is 10.4. The van der Waals surface area contributed by atoms with Gasteiger partial charge in [-0.25, -0.2) is 18.7 Å². The monoisotopic (exact) mass is 385 g/mol. The number of alkyl halides is 2. The summed E-state index contributed by atoms with van der Waals surface area (Å²) in [6.07, 6.45) is 2.97. The van der Waals surface area contributed by atoms with Gasteiger partial charge >= 0.3 is 0 Å². The quantitative estimate of drug-likeness (QED) is 0.555. The van der Waals surface area contributed by atoms with Gasteiger partial charge in [-0.15, -0.1) is 0 Å². The van der Waals surface area contributed by atoms with Crippen LogP contribution in [0.15, 0.2) is 35.1 Å². The highest BCUT2D eigenvalue weighted by molar-refractivity contribution is 5.88. The van der Waals surface area contributed by atoms with Crippen LogP contribution in [0.25, 0.3) is 22.1 Å². The van der Waals surface area contributed by atoms with Crippen LogP contribution in [-0.2, 0) is 6.54 Å². The first kappa shape index (κ1) is 17.0. The second-order valence-electron chi connectivity index (χ2n) is 6.92. The van der Waals surface area contributed by atoms with Crippen molar-refractivity contribution in [1.29, 1.82) is 0 Å². The van der Waals surface area contributed by atoms with Crippen LogP contribution in [0.4, 0.5) is 20.3 Å². The average molecular weight is 385 g/mol. The van der Waals surface area contributed by atoms with E-state index in [1.54, 1.807) is 12.4 Å². The molecule has 0 radical (unpaired) electrons. The molecule has 4 heterocycles. The van der Waals surface area contributed by atoms with Crippen LogP contribution in [0.1, 0.15) is 18.5 Å². The van der Waals surface area contributed by atoms with Gasteiger partial charge in [-0.2, -0.15) is 5.10 Å². The predicted molar refractivity (Wildman–Crippen MR) is 98.4 cm³/mol. The Morgan fingerprint density at radius 2 is 2.00 bits per heavy atom. The molecule has 0 amide bonds. The third-order valence-electron chi connectivity index (χ3n) is 4.97. The number of likely N-dealkylation sites (tertiary alicyclic amines) is 1. The van der Waals surface area contributed by atoms with Gasteiger partial charge in [0.1, 0.15) is 5.69 Å². The van der Waals surface area contributed by atoms with Gasteiger partial charge in [0.05, 0.1) is 0 Å². The Morgan fingerprint density at radius 1 is 1.18 bits per heavy atom. The first-order valence-electron chi connectivity index (χ1n) is 8.98. The highest BCUT2D eigenvalue weighted by Crippen LogP contribution is 2.30. The number of aromatic nitrogens is 5. The van der Waals surface area contributed by atoms with Crippen molar-refractivity contribution in [1.82, 2.24) is 30.2 Å². The summed E-state index contributed by atoms with van der Waals surface area (Å²) >= 11 is 0. The number of nitrogens with one attached hydrogen (secondary N) is 2. The number of piperidine rings is 1. The Kier molecular flexibility index (Phi) is 3.93. The number of H-pyrrole nitrogens is 1. The second kappa shape index (κ2) is 6.48. The molecule has 1 aliphatic rings. The normalized spacial score (nSPS) is 17.4. The Labute approximate surface area is 157 Å². The minimum Gasteiger partial charge on any atom is -0.356 e. The van der Waals surface area contributed by atoms with Gasteiger partial charge in [0.2, 0.25) is 0 Å². The largest absolute Gasteiger partial charge is 0.356 e. The Balaban J connectivity index is 1.35. The van der Waals surface area contributed by atoms with Gasteiger partial charge < -0.3 is 9.84 Å². The number of aromatic amines is 1. The Bertz CT molecular complexity index is 1130. The van der Waals surface area contributed by atoms with Crippen LogP contribution in [0.5, 0.6) is 0 Å². The van der Waals surface area contributed by atoms with Crippen LogP contribution in [0.3, 0.4) is 0 Å². The highest BCUT2D eigenvalue weighted by atomic mass is 19.3. The summed E-state index contributed by atoms with van der Waals surface area (Å²) in [6, 6.07) is 5.62. The summed E-state index contributed by atoms with van der Waals surface area (Å²) in [5.41, 5.74) is 3.38. The number of rotatable bonds is 4. The minimum absolute atomic E-state index is 0.114. The third-order valence-corrected chi connectivity index (χ3v) is 4.97. The lowest BCUT2D eigenvalue weighted by Gasteiger charge is -2.30. The molecular weight excluding hydrogens is 368 g/mol. The molecule has 0 spiro atoms. The van der Waals surface area contributed by atoms with E-state index >= 15 is 0 Å². The molecule has 28 heavy (non-hydrogen) atoms. The zero-order valence-corrected chi connectivity index (χ0v) is 14.8. The molecule has 1 saturated heterocycles. The fourth-order valence-corrected chi connectivity index (χ4v) is 3.41. The van der Waals surface area contributed by atoms with E-state index in [1.807, 2.05) is 23.1 Å². The van der Waals surface area contributed by atoms with Crippen molar-refractivity contribution in [3.05, 3.63) is 36.3 Å². The van der Waals surface area contributed by atoms with E-state index in [0.717, 1.165) is 16.8 Å². The van der Waals surface area contributed by atoms with Crippen molar-refractivity contribution in [2.45, 2.75) is 25.3 Å². The smallest absolute Gasteiger partial charge is 0.250 e. The van der Waals surface area contributed by atoms with Crippen LogP contribution in [0.2, 0.25) is 0 Å². The molecule has 0 unspecified atom stereocenters. The van der Waals surface area contributed by atoms with E-state index in [2.05, 4.69) is 30.6 Å². The van der Waals surface area contributed by atoms with Crippen molar-refractivity contribution >= 4 is 33.6 Å². The fraction of sp³-hybridized carbons (Fsp3) is 0.333. The molecule has 2 N–H and O–H groups in total. The number of fused-ring (bicyclic) bond motifs is 2. The molecule has 1 aromatic carbocycles. The van der Waals surface area contributed by atoms with Crippen molar-refractivity contribution in [3.8, 4) is 0 Å². The summed E-state index contributed by atoms with van der Waals surface area (Å²) in [5.74, 6) is -1.99. The van der Waals surface area contributed by atoms with Gasteiger partial charge in [-0.05, 0) is 12.1 Å². The number of halogens is 2. The molecule has 0 atom stereocenters. The number of hydrogen-bond donors (Lipinski definition) is 2. The molecule has 144 valence electrons. The van der Waals surface area contributed by atoms with E-state index in [4.69, 9.17) is 4.52 Å². The maximum atomic E-state index is 13.3. The van der Waals surface area contributed by atoms with Crippen LogP contribution >= 0.6 is 0 Å². The molecule has 5 rings (SSSR count). The van der Waals surface area contributed by atoms with E-state index < -0.39 is 5.92 Å². The van der Waals surface area contributed by atoms with Crippen LogP contribution in [-0.4, -0.2) is 49.2 Å². The summed E-state index contributed by atoms with van der Waals surface area (Å²) < 4.78 is 32.1. The zero-order chi connectivity index (χ0) is 19.1. The average Bonchev–Trinajstić information content (AvgIpc) is 3.28. The molecule has 3 aromatic heterocycles. The second-order valence-corrected chi connectivity index (χ2v) is 6.92. The number of hydrogen-bond acceptors (Lipinski definition) is 7. The zero-order valence-electron chi connectivity index (χ0n) is 14.8. The van der Waals surface area contributed by atoms with E-state index in [-0.39, 0.29) is 12.8 Å². The molecule has 0 saturated carbocycles. The summed E-state index contributed by atoms with van der Waals surface area (Å²) in [7, 11) is 0. The minimum atomic E-state index is -2.55. The Hall–Kier alpha value is -3.14. The molecule has 0 aliphatic carbocycles. The molecule has 1 aliphatic heterocycles. The fourth-order valence-electron chi connectivity index (χ4n) is 3.41. The third kappa shape index (κ3) is 3.15. The Morgan fingerprint density at radius 3 is 2.86 bits per heavy atom. The summed E-state index contributed by atoms with van der Waals surface area (Å²) in [6.45, 7) is 1.21. The SMILES string of the molecule is FC1(F)CCN(Cc2noc3cc(Nc4n[nH]c5nccnc45)ccc23)CC1. The van der Waals surface area contributed by atoms with Gasteiger partial charge in [0, 0.05) is 62.0 Å². The topological polar surface area (TPSA) is 95.8 Å². The van der Waals surface area contributed by atoms with Crippen molar-refractivity contribution in [3.63, 3.8) is 0 Å². The number of nitrogens with zero attached hydrogens (tertiary/aromatic N) is 5. The molecule has 10 heteroatoms. The van der Waals surface area contributed by atoms with Crippen LogP contribution < -0.4 is 5.32 Å². The van der Waals surface area contributed by atoms with Gasteiger partial charge in [0.15, 0.2) is 22.6 Å². The maximum absolute atomic E-state index is 13.3. The lowest BCUT2D eigenvalue weighted by molar-refractivity contribution is -0.0568. The summed E-state index contributed by atoms with van der Waals surface area (Å²) in [5, 5.41) is 15.2. The molecule has 1 fully saturated rings. The highest BCUT2D eigenvalue weighted by Gasteiger charge is 2.34. The van der Waals surface area contributed by atoms with Crippen molar-refractivity contribution < 1.29 is 13.3 Å². The van der Waals surface area contributed by atoms with E-state index in [9.17, 15) is 8.78 Å². The van der Waals surface area contributed by atoms with Crippen LogP contribution in [0, 0.1) is 0 Å². The maximum Gasteiger partial charge on any atom is 0.250 e. The van der Waals surface area contributed by atoms with Gasteiger partial charge in [-0.1, -0.05) is 5.16 Å². The van der Waals surface area contributed by atoms with Gasteiger partial charge in [-0.3, -0.25) is 10.00 Å². The number of benzene rings is 1. The standard InChI is InChI=1S/C18H17F2N7O/c19-18(20)3-7-27(8-4-18)10-13-12-2-1-11(9-14(12)28-26-13)23-17-15-16(24-25-17)22-6-5-21-15/h1-2,5-6,9H,3-4,7-8,10H2,(H2,22,23,24,25). The number of anilines is 2. The lowest BCUT2D eigenvalue weighted by Crippen LogP contribution is -2.38. The molecule has 0 bridgehead atoms. The predicted octanol–water partition coefficient (Wildman–Crippen LogP) is 3.47.